The van der Waals surface area contributed by atoms with E-state index in [1.807, 2.05) is 11.0 Å². The van der Waals surface area contributed by atoms with E-state index in [9.17, 15) is 4.79 Å². The SMILES string of the molecule is CCCC(=O)N1CCN(C/C=C\c2ccccc2)CC1. The van der Waals surface area contributed by atoms with Crippen LogP contribution in [-0.2, 0) is 4.79 Å². The maximum Gasteiger partial charge on any atom is 0.222 e. The zero-order valence-corrected chi connectivity index (χ0v) is 12.3. The summed E-state index contributed by atoms with van der Waals surface area (Å²) in [5, 5.41) is 0. The smallest absolute Gasteiger partial charge is 0.222 e. The second-order valence-electron chi connectivity index (χ2n) is 5.24. The average Bonchev–Trinajstić information content (AvgIpc) is 2.49. The van der Waals surface area contributed by atoms with Crippen molar-refractivity contribution in [2.45, 2.75) is 19.8 Å². The first-order chi connectivity index (χ1) is 9.79. The summed E-state index contributed by atoms with van der Waals surface area (Å²) >= 11 is 0. The highest BCUT2D eigenvalue weighted by Gasteiger charge is 2.19. The predicted molar refractivity (Wildman–Crippen MR) is 83.4 cm³/mol. The Hall–Kier alpha value is -1.61. The van der Waals surface area contributed by atoms with Gasteiger partial charge in [-0.05, 0) is 12.0 Å². The molecule has 20 heavy (non-hydrogen) atoms. The summed E-state index contributed by atoms with van der Waals surface area (Å²) in [7, 11) is 0. The molecule has 0 unspecified atom stereocenters. The Morgan fingerprint density at radius 2 is 1.85 bits per heavy atom. The highest BCUT2D eigenvalue weighted by atomic mass is 16.2. The van der Waals surface area contributed by atoms with Gasteiger partial charge in [0, 0.05) is 39.1 Å². The van der Waals surface area contributed by atoms with Gasteiger partial charge in [0.05, 0.1) is 0 Å². The number of carbonyl (C=O) groups excluding carboxylic acids is 1. The third kappa shape index (κ3) is 4.49. The van der Waals surface area contributed by atoms with Gasteiger partial charge in [-0.25, -0.2) is 0 Å². The van der Waals surface area contributed by atoms with Gasteiger partial charge in [-0.3, -0.25) is 9.69 Å². The van der Waals surface area contributed by atoms with Crippen LogP contribution in [0.15, 0.2) is 36.4 Å². The number of rotatable bonds is 5. The minimum Gasteiger partial charge on any atom is -0.340 e. The third-order valence-corrected chi connectivity index (χ3v) is 3.66. The Bertz CT molecular complexity index is 434. The van der Waals surface area contributed by atoms with Crippen molar-refractivity contribution in [2.24, 2.45) is 0 Å². The molecule has 1 heterocycles. The number of hydrogen-bond acceptors (Lipinski definition) is 2. The summed E-state index contributed by atoms with van der Waals surface area (Å²) in [6, 6.07) is 10.4. The van der Waals surface area contributed by atoms with Crippen LogP contribution in [-0.4, -0.2) is 48.4 Å². The van der Waals surface area contributed by atoms with Crippen LogP contribution in [0.4, 0.5) is 0 Å². The highest BCUT2D eigenvalue weighted by molar-refractivity contribution is 5.76. The second-order valence-corrected chi connectivity index (χ2v) is 5.24. The van der Waals surface area contributed by atoms with Crippen molar-refractivity contribution in [3.05, 3.63) is 42.0 Å². The van der Waals surface area contributed by atoms with Gasteiger partial charge in [0.25, 0.3) is 0 Å². The normalized spacial score (nSPS) is 16.8. The zero-order valence-electron chi connectivity index (χ0n) is 12.3. The average molecular weight is 272 g/mol. The molecule has 1 aliphatic heterocycles. The van der Waals surface area contributed by atoms with E-state index >= 15 is 0 Å². The minimum atomic E-state index is 0.312. The molecule has 1 aromatic carbocycles. The molecule has 0 aliphatic carbocycles. The van der Waals surface area contributed by atoms with Crippen molar-refractivity contribution < 1.29 is 4.79 Å². The fraction of sp³-hybridized carbons (Fsp3) is 0.471. The van der Waals surface area contributed by atoms with Crippen LogP contribution in [0.2, 0.25) is 0 Å². The van der Waals surface area contributed by atoms with Crippen molar-refractivity contribution in [3.8, 4) is 0 Å². The molecular formula is C17H24N2O. The van der Waals surface area contributed by atoms with Crippen LogP contribution in [0.3, 0.4) is 0 Å². The third-order valence-electron chi connectivity index (χ3n) is 3.66. The van der Waals surface area contributed by atoms with Crippen LogP contribution in [0.25, 0.3) is 6.08 Å². The fourth-order valence-corrected chi connectivity index (χ4v) is 2.45. The zero-order chi connectivity index (χ0) is 14.2. The lowest BCUT2D eigenvalue weighted by Crippen LogP contribution is -2.48. The predicted octanol–water partition coefficient (Wildman–Crippen LogP) is 2.64. The van der Waals surface area contributed by atoms with E-state index < -0.39 is 0 Å². The number of amides is 1. The topological polar surface area (TPSA) is 23.6 Å². The van der Waals surface area contributed by atoms with Crippen LogP contribution in [0, 0.1) is 0 Å². The fourth-order valence-electron chi connectivity index (χ4n) is 2.45. The van der Waals surface area contributed by atoms with Crippen molar-refractivity contribution in [1.82, 2.24) is 9.80 Å². The molecule has 0 saturated carbocycles. The molecule has 0 bridgehead atoms. The largest absolute Gasteiger partial charge is 0.340 e. The number of carbonyl (C=O) groups is 1. The van der Waals surface area contributed by atoms with Gasteiger partial charge in [0.15, 0.2) is 0 Å². The molecule has 0 N–H and O–H groups in total. The summed E-state index contributed by atoms with van der Waals surface area (Å²) in [6.07, 6.45) is 6.00. The molecule has 1 saturated heterocycles. The molecule has 108 valence electrons. The molecule has 1 amide bonds. The Kier molecular flexibility index (Phi) is 5.81. The standard InChI is InChI=1S/C17H24N2O/c1-2-7-17(20)19-14-12-18(13-15-19)11-6-10-16-8-4-3-5-9-16/h3-6,8-10H,2,7,11-15H2,1H3/b10-6-. The molecule has 0 radical (unpaired) electrons. The number of piperazine rings is 1. The lowest BCUT2D eigenvalue weighted by molar-refractivity contribution is -0.132. The first-order valence-electron chi connectivity index (χ1n) is 7.51. The van der Waals surface area contributed by atoms with Gasteiger partial charge >= 0.3 is 0 Å². The molecule has 0 aromatic heterocycles. The molecule has 3 nitrogen and oxygen atoms in total. The summed E-state index contributed by atoms with van der Waals surface area (Å²) in [5.74, 6) is 0.312. The Morgan fingerprint density at radius 1 is 1.15 bits per heavy atom. The molecule has 2 rings (SSSR count). The van der Waals surface area contributed by atoms with Gasteiger partial charge in [-0.15, -0.1) is 0 Å². The van der Waals surface area contributed by atoms with Crippen molar-refractivity contribution in [3.63, 3.8) is 0 Å². The molecular weight excluding hydrogens is 248 g/mol. The van der Waals surface area contributed by atoms with E-state index in [1.54, 1.807) is 0 Å². The van der Waals surface area contributed by atoms with Gasteiger partial charge in [-0.2, -0.15) is 0 Å². The van der Waals surface area contributed by atoms with Gasteiger partial charge < -0.3 is 4.90 Å². The monoisotopic (exact) mass is 272 g/mol. The molecule has 1 aromatic rings. The van der Waals surface area contributed by atoms with Gasteiger partial charge in [-0.1, -0.05) is 49.4 Å². The lowest BCUT2D eigenvalue weighted by atomic mass is 10.2. The van der Waals surface area contributed by atoms with Crippen molar-refractivity contribution in [2.75, 3.05) is 32.7 Å². The lowest BCUT2D eigenvalue weighted by Gasteiger charge is -2.34. The van der Waals surface area contributed by atoms with Crippen molar-refractivity contribution in [1.29, 1.82) is 0 Å². The summed E-state index contributed by atoms with van der Waals surface area (Å²) in [5.41, 5.74) is 1.24. The van der Waals surface area contributed by atoms with Crippen LogP contribution in [0.5, 0.6) is 0 Å². The first-order valence-corrected chi connectivity index (χ1v) is 7.51. The quantitative estimate of drug-likeness (QED) is 0.822. The molecule has 1 fully saturated rings. The van der Waals surface area contributed by atoms with Gasteiger partial charge in [0.2, 0.25) is 5.91 Å². The number of benzene rings is 1. The maximum absolute atomic E-state index is 11.8. The summed E-state index contributed by atoms with van der Waals surface area (Å²) in [4.78, 5) is 16.2. The van der Waals surface area contributed by atoms with E-state index in [-0.39, 0.29) is 0 Å². The maximum atomic E-state index is 11.8. The van der Waals surface area contributed by atoms with Crippen LogP contribution in [0.1, 0.15) is 25.3 Å². The summed E-state index contributed by atoms with van der Waals surface area (Å²) in [6.45, 7) is 6.73. The molecule has 3 heteroatoms. The van der Waals surface area contributed by atoms with Crippen molar-refractivity contribution >= 4 is 12.0 Å². The van der Waals surface area contributed by atoms with E-state index in [4.69, 9.17) is 0 Å². The van der Waals surface area contributed by atoms with Crippen LogP contribution >= 0.6 is 0 Å². The Labute approximate surface area is 121 Å². The minimum absolute atomic E-state index is 0.312. The number of hydrogen-bond donors (Lipinski definition) is 0. The van der Waals surface area contributed by atoms with Gasteiger partial charge in [0.1, 0.15) is 0 Å². The second kappa shape index (κ2) is 7.85. The van der Waals surface area contributed by atoms with E-state index in [0.29, 0.717) is 12.3 Å². The Morgan fingerprint density at radius 3 is 2.50 bits per heavy atom. The van der Waals surface area contributed by atoms with Crippen LogP contribution < -0.4 is 0 Å². The first kappa shape index (κ1) is 14.8. The highest BCUT2D eigenvalue weighted by Crippen LogP contribution is 2.06. The van der Waals surface area contributed by atoms with E-state index in [1.165, 1.54) is 5.56 Å². The molecule has 0 atom stereocenters. The Balaban J connectivity index is 1.72. The van der Waals surface area contributed by atoms with E-state index in [0.717, 1.165) is 39.1 Å². The number of nitrogens with zero attached hydrogens (tertiary/aromatic N) is 2. The summed E-state index contributed by atoms with van der Waals surface area (Å²) < 4.78 is 0. The molecule has 0 spiro atoms. The molecule has 1 aliphatic rings. The van der Waals surface area contributed by atoms with E-state index in [2.05, 4.69) is 48.2 Å².